The normalized spacial score (nSPS) is 27.3. The molecule has 2 heterocycles. The van der Waals surface area contributed by atoms with Crippen molar-refractivity contribution < 1.29 is 25.2 Å². The fourth-order valence-electron chi connectivity index (χ4n) is 4.31. The summed E-state index contributed by atoms with van der Waals surface area (Å²) in [6.07, 6.45) is 2.61. The second-order valence-corrected chi connectivity index (χ2v) is 8.88. The number of nitrogens with one attached hydrogen (secondary N) is 5. The lowest BCUT2D eigenvalue weighted by molar-refractivity contribution is -0.141. The van der Waals surface area contributed by atoms with Crippen LogP contribution in [-0.4, -0.2) is 102 Å². The van der Waals surface area contributed by atoms with E-state index < -0.39 is 24.5 Å². The summed E-state index contributed by atoms with van der Waals surface area (Å²) in [5.41, 5.74) is 7.81. The Labute approximate surface area is 199 Å². The van der Waals surface area contributed by atoms with Crippen LogP contribution in [0.15, 0.2) is 21.8 Å². The lowest BCUT2D eigenvalue weighted by Gasteiger charge is -2.34. The average Bonchev–Trinajstić information content (AvgIpc) is 2.83. The van der Waals surface area contributed by atoms with Gasteiger partial charge >= 0.3 is 5.97 Å². The van der Waals surface area contributed by atoms with Gasteiger partial charge in [0.2, 0.25) is 0 Å². The smallest absolute Gasteiger partial charge is 0.320 e. The molecule has 2 aliphatic heterocycles. The largest absolute Gasteiger partial charge is 0.480 e. The van der Waals surface area contributed by atoms with Crippen molar-refractivity contribution in [3.8, 4) is 0 Å². The number of aliphatic hydroxyl groups excluding tert-OH is 3. The maximum atomic E-state index is 11.6. The van der Waals surface area contributed by atoms with Gasteiger partial charge in [-0.15, -0.1) is 0 Å². The van der Waals surface area contributed by atoms with E-state index in [-0.39, 0.29) is 44.1 Å². The van der Waals surface area contributed by atoms with Gasteiger partial charge in [0.1, 0.15) is 30.7 Å². The number of hydrogen-bond donors (Lipinski definition) is 10. The molecule has 0 amide bonds. The Morgan fingerprint density at radius 3 is 2.85 bits per heavy atom. The Hall–Kier alpha value is -2.29. The quantitative estimate of drug-likeness (QED) is 0.119. The number of aliphatic imine (C=N–C) groups is 2. The highest BCUT2D eigenvalue weighted by molar-refractivity contribution is 5.90. The third-order valence-electron chi connectivity index (χ3n) is 6.32. The fourth-order valence-corrected chi connectivity index (χ4v) is 4.31. The number of hydrogen-bond acceptors (Lipinski definition) is 12. The first-order valence-corrected chi connectivity index (χ1v) is 11.8. The number of nitrogens with two attached hydrogens (primary N) is 1. The first-order valence-electron chi connectivity index (χ1n) is 11.8. The third kappa shape index (κ3) is 7.89. The molecular weight excluding hydrogens is 444 g/mol. The number of nitrogens with zero attached hydrogens (tertiary/aromatic N) is 2. The van der Waals surface area contributed by atoms with Crippen molar-refractivity contribution in [2.75, 3.05) is 32.8 Å². The van der Waals surface area contributed by atoms with Gasteiger partial charge in [-0.25, -0.2) is 0 Å². The minimum atomic E-state index is -1.08. The average molecular weight is 483 g/mol. The van der Waals surface area contributed by atoms with Gasteiger partial charge in [0, 0.05) is 30.4 Å². The predicted molar refractivity (Wildman–Crippen MR) is 127 cm³/mol. The summed E-state index contributed by atoms with van der Waals surface area (Å²) in [6.45, 7) is 1.96. The molecule has 3 unspecified atom stereocenters. The van der Waals surface area contributed by atoms with E-state index in [1.54, 1.807) is 0 Å². The molecule has 0 spiro atoms. The van der Waals surface area contributed by atoms with Crippen LogP contribution in [0.3, 0.4) is 0 Å². The van der Waals surface area contributed by atoms with Gasteiger partial charge in [0.05, 0.1) is 19.7 Å². The maximum Gasteiger partial charge on any atom is 0.320 e. The van der Waals surface area contributed by atoms with Crippen molar-refractivity contribution in [2.45, 2.75) is 62.8 Å². The Kier molecular flexibility index (Phi) is 10.0. The van der Waals surface area contributed by atoms with Crippen molar-refractivity contribution in [1.29, 1.82) is 0 Å². The van der Waals surface area contributed by atoms with Gasteiger partial charge in [-0.05, 0) is 32.1 Å². The lowest BCUT2D eigenvalue weighted by atomic mass is 9.90. The Balaban J connectivity index is 1.41. The summed E-state index contributed by atoms with van der Waals surface area (Å²) < 4.78 is 0. The monoisotopic (exact) mass is 482 g/mol. The predicted octanol–water partition coefficient (Wildman–Crippen LogP) is -3.04. The van der Waals surface area contributed by atoms with Crippen molar-refractivity contribution in [2.24, 2.45) is 21.6 Å². The highest BCUT2D eigenvalue weighted by Crippen LogP contribution is 2.25. The summed E-state index contributed by atoms with van der Waals surface area (Å²) >= 11 is 0. The Morgan fingerprint density at radius 2 is 2.15 bits per heavy atom. The van der Waals surface area contributed by atoms with Gasteiger partial charge in [-0.3, -0.25) is 30.7 Å². The summed E-state index contributed by atoms with van der Waals surface area (Å²) in [4.78, 5) is 20.5. The molecular formula is C21H38N8O5. The number of guanidine groups is 1. The van der Waals surface area contributed by atoms with Gasteiger partial charge in [-0.2, -0.15) is 0 Å². The number of fused-ring (bicyclic) bond motifs is 1. The molecule has 1 aliphatic carbocycles. The molecule has 13 nitrogen and oxygen atoms in total. The second-order valence-electron chi connectivity index (χ2n) is 8.88. The standard InChI is InChI=1S/C21H38N8O5/c22-21-26-11-16-18(29-21)25-10-14(27-16)9-24-13-3-1-12(2-4-13)19(32)28-15(20(33)34)5-6-17(31)23-7-8-30/h3,12,15-19,23-25,28,30-32H,1-2,4-11H2,(H,33,34)(H3,22,26,29)/t12-,15-,16?,17?,18-,19?/m0/s1. The van der Waals surface area contributed by atoms with Crippen LogP contribution in [0.25, 0.3) is 0 Å². The van der Waals surface area contributed by atoms with Crippen molar-refractivity contribution in [3.63, 3.8) is 0 Å². The molecule has 0 saturated carbocycles. The fraction of sp³-hybridized carbons (Fsp3) is 0.762. The number of rotatable bonds is 13. The van der Waals surface area contributed by atoms with E-state index in [1.165, 1.54) is 0 Å². The molecule has 13 heteroatoms. The van der Waals surface area contributed by atoms with E-state index in [0.717, 1.165) is 17.8 Å². The van der Waals surface area contributed by atoms with E-state index in [4.69, 9.17) is 15.8 Å². The van der Waals surface area contributed by atoms with Crippen LogP contribution in [0, 0.1) is 5.92 Å². The molecule has 11 N–H and O–H groups in total. The van der Waals surface area contributed by atoms with Crippen LogP contribution < -0.4 is 32.3 Å². The van der Waals surface area contributed by atoms with Gasteiger partial charge in [0.25, 0.3) is 0 Å². The molecule has 3 aliphatic rings. The Morgan fingerprint density at radius 1 is 1.32 bits per heavy atom. The number of aliphatic hydroxyl groups is 3. The Bertz CT molecular complexity index is 776. The van der Waals surface area contributed by atoms with Crippen molar-refractivity contribution in [3.05, 3.63) is 11.8 Å². The highest BCUT2D eigenvalue weighted by atomic mass is 16.4. The zero-order chi connectivity index (χ0) is 24.5. The second kappa shape index (κ2) is 13.0. The van der Waals surface area contributed by atoms with E-state index in [0.29, 0.717) is 38.4 Å². The van der Waals surface area contributed by atoms with E-state index >= 15 is 0 Å². The van der Waals surface area contributed by atoms with Gasteiger partial charge in [0.15, 0.2) is 5.96 Å². The highest BCUT2D eigenvalue weighted by Gasteiger charge is 2.30. The zero-order valence-electron chi connectivity index (χ0n) is 19.3. The number of carbonyl (C=O) groups is 1. The number of aliphatic carboxylic acids is 1. The molecule has 0 radical (unpaired) electrons. The van der Waals surface area contributed by atoms with Crippen LogP contribution in [-0.2, 0) is 4.79 Å². The number of carboxylic acid groups (broad SMARTS) is 1. The van der Waals surface area contributed by atoms with Gasteiger partial charge < -0.3 is 36.8 Å². The van der Waals surface area contributed by atoms with Crippen LogP contribution in [0.1, 0.15) is 32.1 Å². The molecule has 3 rings (SSSR count). The molecule has 192 valence electrons. The molecule has 0 fully saturated rings. The summed E-state index contributed by atoms with van der Waals surface area (Å²) in [6, 6.07) is -0.948. The van der Waals surface area contributed by atoms with E-state index in [9.17, 15) is 20.1 Å². The van der Waals surface area contributed by atoms with Crippen LogP contribution >= 0.6 is 0 Å². The van der Waals surface area contributed by atoms with Gasteiger partial charge in [-0.1, -0.05) is 6.08 Å². The van der Waals surface area contributed by atoms with Crippen molar-refractivity contribution in [1.82, 2.24) is 26.6 Å². The molecule has 0 saturated heterocycles. The van der Waals surface area contributed by atoms with Crippen molar-refractivity contribution >= 4 is 17.6 Å². The molecule has 0 aromatic heterocycles. The topological polar surface area (TPSA) is 209 Å². The molecule has 6 atom stereocenters. The zero-order valence-corrected chi connectivity index (χ0v) is 19.3. The minimum absolute atomic E-state index is 0.0135. The van der Waals surface area contributed by atoms with Crippen LogP contribution in [0.5, 0.6) is 0 Å². The SMILES string of the molecule is NC1=NCC2N=C(CNC3=CC[C@H](C(O)N[C@@H](CCC(O)NCCO)C(=O)O)CC3)CN[C@H]2N1. The first-order chi connectivity index (χ1) is 16.4. The summed E-state index contributed by atoms with van der Waals surface area (Å²) in [7, 11) is 0. The summed E-state index contributed by atoms with van der Waals surface area (Å²) in [5.74, 6) is -0.741. The molecule has 0 aromatic carbocycles. The molecule has 0 bridgehead atoms. The minimum Gasteiger partial charge on any atom is -0.480 e. The van der Waals surface area contributed by atoms with E-state index in [2.05, 4.69) is 31.6 Å². The number of allylic oxidation sites excluding steroid dienone is 2. The van der Waals surface area contributed by atoms with Crippen LogP contribution in [0.2, 0.25) is 0 Å². The third-order valence-corrected chi connectivity index (χ3v) is 6.32. The first kappa shape index (κ1) is 26.3. The number of carboxylic acids is 1. The summed E-state index contributed by atoms with van der Waals surface area (Å²) in [5, 5.41) is 53.9. The molecule has 34 heavy (non-hydrogen) atoms. The molecule has 0 aromatic rings. The van der Waals surface area contributed by atoms with E-state index in [1.807, 2.05) is 6.08 Å². The maximum absolute atomic E-state index is 11.6. The van der Waals surface area contributed by atoms with Crippen LogP contribution in [0.4, 0.5) is 0 Å². The lowest BCUT2D eigenvalue weighted by Crippen LogP contribution is -2.61.